The maximum absolute atomic E-state index is 12.5. The van der Waals surface area contributed by atoms with Crippen molar-refractivity contribution in [3.8, 4) is 0 Å². The number of rotatable bonds is 4. The summed E-state index contributed by atoms with van der Waals surface area (Å²) in [5.74, 6) is 0.455. The minimum absolute atomic E-state index is 0.140. The Kier molecular flexibility index (Phi) is 3.54. The number of hydrogen-bond acceptors (Lipinski definition) is 6. The van der Waals surface area contributed by atoms with Gasteiger partial charge in [-0.25, -0.2) is 4.98 Å². The van der Waals surface area contributed by atoms with Crippen LogP contribution in [-0.2, 0) is 12.6 Å². The lowest BCUT2D eigenvalue weighted by Gasteiger charge is -2.11. The molecule has 9 heteroatoms. The molecule has 2 heterocycles. The standard InChI is InChI=1S/C10H10F3N5O/c11-10(12,13)8-3-7(6(14)4-16-8)15-2-1-9-17-5-19-18-9/h3-5H,1-2,14H2,(H,15,16). The Hall–Kier alpha value is -2.32. The zero-order valence-electron chi connectivity index (χ0n) is 9.61. The molecule has 0 aromatic carbocycles. The van der Waals surface area contributed by atoms with Crippen molar-refractivity contribution in [3.05, 3.63) is 30.2 Å². The number of nitrogen functional groups attached to an aromatic ring is 1. The van der Waals surface area contributed by atoms with Gasteiger partial charge in [0, 0.05) is 13.0 Å². The van der Waals surface area contributed by atoms with E-state index in [-0.39, 0.29) is 11.4 Å². The van der Waals surface area contributed by atoms with Crippen LogP contribution in [0.25, 0.3) is 0 Å². The smallest absolute Gasteiger partial charge is 0.396 e. The summed E-state index contributed by atoms with van der Waals surface area (Å²) in [4.78, 5) is 7.02. The van der Waals surface area contributed by atoms with Gasteiger partial charge < -0.3 is 15.6 Å². The lowest BCUT2D eigenvalue weighted by Crippen LogP contribution is -2.12. The molecule has 2 aromatic rings. The van der Waals surface area contributed by atoms with Crippen molar-refractivity contribution in [1.29, 1.82) is 0 Å². The van der Waals surface area contributed by atoms with E-state index in [1.54, 1.807) is 0 Å². The second-order valence-corrected chi connectivity index (χ2v) is 3.68. The second kappa shape index (κ2) is 5.12. The van der Waals surface area contributed by atoms with Crippen LogP contribution in [-0.4, -0.2) is 21.7 Å². The van der Waals surface area contributed by atoms with Crippen LogP contribution in [0.5, 0.6) is 0 Å². The topological polar surface area (TPSA) is 89.9 Å². The van der Waals surface area contributed by atoms with Crippen molar-refractivity contribution in [3.63, 3.8) is 0 Å². The number of alkyl halides is 3. The zero-order chi connectivity index (χ0) is 13.9. The van der Waals surface area contributed by atoms with E-state index in [2.05, 4.69) is 25.0 Å². The lowest BCUT2D eigenvalue weighted by atomic mass is 10.2. The first-order valence-corrected chi connectivity index (χ1v) is 5.28. The number of pyridine rings is 1. The second-order valence-electron chi connectivity index (χ2n) is 3.68. The van der Waals surface area contributed by atoms with E-state index in [0.29, 0.717) is 18.8 Å². The van der Waals surface area contributed by atoms with Crippen LogP contribution in [0.1, 0.15) is 11.5 Å². The van der Waals surface area contributed by atoms with E-state index in [4.69, 9.17) is 5.73 Å². The molecule has 0 fully saturated rings. The van der Waals surface area contributed by atoms with Gasteiger partial charge in [-0.3, -0.25) is 0 Å². The molecular weight excluding hydrogens is 263 g/mol. The third-order valence-corrected chi connectivity index (χ3v) is 2.30. The summed E-state index contributed by atoms with van der Waals surface area (Å²) in [6.45, 7) is 0.324. The van der Waals surface area contributed by atoms with Gasteiger partial charge in [0.15, 0.2) is 5.82 Å². The largest absolute Gasteiger partial charge is 0.433 e. The Labute approximate surface area is 105 Å². The highest BCUT2D eigenvalue weighted by Gasteiger charge is 2.32. The van der Waals surface area contributed by atoms with Gasteiger partial charge >= 0.3 is 6.18 Å². The summed E-state index contributed by atoms with van der Waals surface area (Å²) in [5.41, 5.74) is 4.87. The number of nitrogens with zero attached hydrogens (tertiary/aromatic N) is 3. The van der Waals surface area contributed by atoms with Gasteiger partial charge in [0.2, 0.25) is 6.39 Å². The van der Waals surface area contributed by atoms with Crippen LogP contribution < -0.4 is 11.1 Å². The van der Waals surface area contributed by atoms with E-state index in [9.17, 15) is 13.2 Å². The van der Waals surface area contributed by atoms with Gasteiger partial charge in [0.1, 0.15) is 5.69 Å². The molecule has 0 bridgehead atoms. The summed E-state index contributed by atoms with van der Waals surface area (Å²) in [5, 5.41) is 6.35. The highest BCUT2D eigenvalue weighted by atomic mass is 19.4. The van der Waals surface area contributed by atoms with Gasteiger partial charge in [0.05, 0.1) is 17.6 Å². The van der Waals surface area contributed by atoms with Gasteiger partial charge in [0.25, 0.3) is 0 Å². The number of nitrogens with two attached hydrogens (primary N) is 1. The Morgan fingerprint density at radius 1 is 1.32 bits per heavy atom. The molecule has 0 saturated heterocycles. The van der Waals surface area contributed by atoms with Crippen molar-refractivity contribution in [2.45, 2.75) is 12.6 Å². The highest BCUT2D eigenvalue weighted by molar-refractivity contribution is 5.65. The maximum atomic E-state index is 12.5. The van der Waals surface area contributed by atoms with Crippen LogP contribution >= 0.6 is 0 Å². The van der Waals surface area contributed by atoms with E-state index in [1.807, 2.05) is 0 Å². The molecule has 0 aliphatic heterocycles. The van der Waals surface area contributed by atoms with E-state index >= 15 is 0 Å². The van der Waals surface area contributed by atoms with Gasteiger partial charge in [-0.15, -0.1) is 0 Å². The van der Waals surface area contributed by atoms with Crippen LogP contribution in [0.15, 0.2) is 23.2 Å². The molecule has 0 radical (unpaired) electrons. The third-order valence-electron chi connectivity index (χ3n) is 2.30. The zero-order valence-corrected chi connectivity index (χ0v) is 9.61. The molecule has 2 aromatic heterocycles. The molecular formula is C10H10F3N5O. The summed E-state index contributed by atoms with van der Waals surface area (Å²) in [6.07, 6.45) is -1.95. The molecule has 0 saturated carbocycles. The molecule has 0 amide bonds. The minimum atomic E-state index is -4.50. The Bertz CT molecular complexity index is 541. The van der Waals surface area contributed by atoms with Crippen LogP contribution in [0.2, 0.25) is 0 Å². The predicted octanol–water partition coefficient (Wildman–Crippen LogP) is 1.72. The van der Waals surface area contributed by atoms with Crippen molar-refractivity contribution in [1.82, 2.24) is 15.1 Å². The summed E-state index contributed by atoms with van der Waals surface area (Å²) >= 11 is 0. The molecule has 6 nitrogen and oxygen atoms in total. The fraction of sp³-hybridized carbons (Fsp3) is 0.300. The molecule has 0 unspecified atom stereocenters. The molecule has 0 aliphatic carbocycles. The Balaban J connectivity index is 2.03. The van der Waals surface area contributed by atoms with Crippen molar-refractivity contribution in [2.24, 2.45) is 0 Å². The number of anilines is 2. The normalized spacial score (nSPS) is 11.5. The monoisotopic (exact) mass is 273 g/mol. The van der Waals surface area contributed by atoms with E-state index < -0.39 is 11.9 Å². The van der Waals surface area contributed by atoms with E-state index in [1.165, 1.54) is 6.39 Å². The van der Waals surface area contributed by atoms with Gasteiger partial charge in [-0.2, -0.15) is 18.2 Å². The fourth-order valence-corrected chi connectivity index (χ4v) is 1.39. The average molecular weight is 273 g/mol. The average Bonchev–Trinajstić information content (AvgIpc) is 2.83. The maximum Gasteiger partial charge on any atom is 0.433 e. The van der Waals surface area contributed by atoms with Crippen LogP contribution in [0.4, 0.5) is 24.5 Å². The van der Waals surface area contributed by atoms with Crippen LogP contribution in [0, 0.1) is 0 Å². The molecule has 102 valence electrons. The summed E-state index contributed by atoms with van der Waals surface area (Å²) in [6, 6.07) is 0.867. The predicted molar refractivity (Wildman–Crippen MR) is 60.1 cm³/mol. The minimum Gasteiger partial charge on any atom is -0.396 e. The molecule has 19 heavy (non-hydrogen) atoms. The SMILES string of the molecule is Nc1cnc(C(F)(F)F)cc1NCCc1ncon1. The Morgan fingerprint density at radius 2 is 2.11 bits per heavy atom. The van der Waals surface area contributed by atoms with E-state index in [0.717, 1.165) is 12.3 Å². The fourth-order valence-electron chi connectivity index (χ4n) is 1.39. The number of nitrogens with one attached hydrogen (secondary N) is 1. The summed E-state index contributed by atoms with van der Waals surface area (Å²) < 4.78 is 42.0. The molecule has 3 N–H and O–H groups in total. The lowest BCUT2D eigenvalue weighted by molar-refractivity contribution is -0.141. The van der Waals surface area contributed by atoms with Gasteiger partial charge in [-0.05, 0) is 6.07 Å². The first-order valence-electron chi connectivity index (χ1n) is 5.28. The van der Waals surface area contributed by atoms with Crippen molar-refractivity contribution in [2.75, 3.05) is 17.6 Å². The molecule has 0 spiro atoms. The number of hydrogen-bond donors (Lipinski definition) is 2. The third kappa shape index (κ3) is 3.33. The van der Waals surface area contributed by atoms with Crippen molar-refractivity contribution >= 4 is 11.4 Å². The first kappa shape index (κ1) is 13.1. The molecule has 0 aliphatic rings. The van der Waals surface area contributed by atoms with Crippen molar-refractivity contribution < 1.29 is 17.7 Å². The first-order chi connectivity index (χ1) is 8.97. The molecule has 0 atom stereocenters. The van der Waals surface area contributed by atoms with Gasteiger partial charge in [-0.1, -0.05) is 5.16 Å². The Morgan fingerprint density at radius 3 is 2.74 bits per heavy atom. The summed E-state index contributed by atoms with van der Waals surface area (Å²) in [7, 11) is 0. The number of halogens is 3. The quantitative estimate of drug-likeness (QED) is 0.881. The molecule has 2 rings (SSSR count). The number of aromatic nitrogens is 3. The van der Waals surface area contributed by atoms with Crippen LogP contribution in [0.3, 0.4) is 0 Å². The highest BCUT2D eigenvalue weighted by Crippen LogP contribution is 2.30.